The van der Waals surface area contributed by atoms with E-state index in [-0.39, 0.29) is 6.54 Å². The average molecular weight is 244 g/mol. The standard InChI is InChI=1S/C7H14ClNO4S/c8-6-14(11,12)9-5-7(10)1-3-13-4-2-7/h9-10H,1-6H2. The molecular formula is C7H14ClNO4S. The van der Waals surface area contributed by atoms with Gasteiger partial charge in [0.2, 0.25) is 10.0 Å². The van der Waals surface area contributed by atoms with E-state index in [1.54, 1.807) is 0 Å². The molecule has 1 rings (SSSR count). The van der Waals surface area contributed by atoms with Gasteiger partial charge in [0.05, 0.1) is 5.60 Å². The zero-order valence-electron chi connectivity index (χ0n) is 7.70. The lowest BCUT2D eigenvalue weighted by Crippen LogP contribution is -2.46. The monoisotopic (exact) mass is 243 g/mol. The van der Waals surface area contributed by atoms with Crippen LogP contribution >= 0.6 is 11.6 Å². The fourth-order valence-corrected chi connectivity index (χ4v) is 2.01. The summed E-state index contributed by atoms with van der Waals surface area (Å²) in [6.07, 6.45) is 0.885. The summed E-state index contributed by atoms with van der Waals surface area (Å²) >= 11 is 5.20. The Bertz CT molecular complexity index is 273. The number of alkyl halides is 1. The van der Waals surface area contributed by atoms with E-state index < -0.39 is 20.8 Å². The van der Waals surface area contributed by atoms with E-state index in [1.807, 2.05) is 0 Å². The summed E-state index contributed by atoms with van der Waals surface area (Å²) in [5.41, 5.74) is -0.989. The molecule has 0 aromatic rings. The highest BCUT2D eigenvalue weighted by molar-refractivity contribution is 7.90. The Labute approximate surface area is 88.4 Å². The summed E-state index contributed by atoms with van der Waals surface area (Å²) in [4.78, 5) is 0. The highest BCUT2D eigenvalue weighted by atomic mass is 35.5. The van der Waals surface area contributed by atoms with Gasteiger partial charge in [0.25, 0.3) is 0 Å². The Morgan fingerprint density at radius 3 is 2.50 bits per heavy atom. The summed E-state index contributed by atoms with van der Waals surface area (Å²) in [6.45, 7) is 0.920. The van der Waals surface area contributed by atoms with Crippen molar-refractivity contribution < 1.29 is 18.3 Å². The smallest absolute Gasteiger partial charge is 0.225 e. The van der Waals surface area contributed by atoms with Crippen LogP contribution in [0.1, 0.15) is 12.8 Å². The Balaban J connectivity index is 2.43. The molecule has 14 heavy (non-hydrogen) atoms. The van der Waals surface area contributed by atoms with E-state index >= 15 is 0 Å². The molecule has 0 radical (unpaired) electrons. The number of nitrogens with one attached hydrogen (secondary N) is 1. The zero-order valence-corrected chi connectivity index (χ0v) is 9.27. The van der Waals surface area contributed by atoms with Crippen molar-refractivity contribution in [2.75, 3.05) is 25.0 Å². The van der Waals surface area contributed by atoms with Gasteiger partial charge in [0.15, 0.2) is 0 Å². The van der Waals surface area contributed by atoms with E-state index in [0.29, 0.717) is 26.1 Å². The molecule has 1 heterocycles. The Hall–Kier alpha value is 0.120. The number of sulfonamides is 1. The van der Waals surface area contributed by atoms with Crippen LogP contribution in [0.4, 0.5) is 0 Å². The minimum absolute atomic E-state index is 0.00537. The normalized spacial score (nSPS) is 22.1. The summed E-state index contributed by atoms with van der Waals surface area (Å²) in [5, 5.41) is 9.39. The second-order valence-corrected chi connectivity index (χ2v) is 5.77. The summed E-state index contributed by atoms with van der Waals surface area (Å²) in [7, 11) is -3.44. The molecule has 1 aliphatic heterocycles. The lowest BCUT2D eigenvalue weighted by Gasteiger charge is -2.31. The number of ether oxygens (including phenoxy) is 1. The largest absolute Gasteiger partial charge is 0.388 e. The van der Waals surface area contributed by atoms with Gasteiger partial charge in [-0.2, -0.15) is 0 Å². The predicted molar refractivity (Wildman–Crippen MR) is 52.6 cm³/mol. The van der Waals surface area contributed by atoms with Crippen molar-refractivity contribution >= 4 is 21.6 Å². The predicted octanol–water partition coefficient (Wildman–Crippen LogP) is -0.356. The molecule has 7 heteroatoms. The molecule has 0 aliphatic carbocycles. The van der Waals surface area contributed by atoms with E-state index in [1.165, 1.54) is 0 Å². The van der Waals surface area contributed by atoms with E-state index in [2.05, 4.69) is 4.72 Å². The van der Waals surface area contributed by atoms with Crippen molar-refractivity contribution in [2.24, 2.45) is 0 Å². The van der Waals surface area contributed by atoms with Crippen LogP contribution < -0.4 is 4.72 Å². The SMILES string of the molecule is O=S(=O)(CCl)NCC1(O)CCOCC1. The molecule has 0 saturated carbocycles. The van der Waals surface area contributed by atoms with Crippen molar-refractivity contribution in [3.8, 4) is 0 Å². The molecule has 0 aromatic carbocycles. The first-order valence-electron chi connectivity index (χ1n) is 4.31. The molecule has 1 saturated heterocycles. The fourth-order valence-electron chi connectivity index (χ4n) is 1.21. The lowest BCUT2D eigenvalue weighted by molar-refractivity contribution is -0.0588. The molecule has 2 N–H and O–H groups in total. The molecule has 0 aromatic heterocycles. The van der Waals surface area contributed by atoms with Gasteiger partial charge in [-0.05, 0) is 0 Å². The fraction of sp³-hybridized carbons (Fsp3) is 1.00. The van der Waals surface area contributed by atoms with Gasteiger partial charge < -0.3 is 9.84 Å². The van der Waals surface area contributed by atoms with Crippen molar-refractivity contribution in [3.63, 3.8) is 0 Å². The van der Waals surface area contributed by atoms with Gasteiger partial charge in [-0.3, -0.25) is 0 Å². The number of halogens is 1. The molecule has 1 fully saturated rings. The molecular weight excluding hydrogens is 230 g/mol. The highest BCUT2D eigenvalue weighted by Crippen LogP contribution is 2.19. The first-order valence-corrected chi connectivity index (χ1v) is 6.50. The number of rotatable bonds is 4. The van der Waals surface area contributed by atoms with Crippen molar-refractivity contribution in [1.82, 2.24) is 4.72 Å². The van der Waals surface area contributed by atoms with Gasteiger partial charge in [-0.15, -0.1) is 11.6 Å². The minimum atomic E-state index is -3.44. The van der Waals surface area contributed by atoms with E-state index in [9.17, 15) is 13.5 Å². The molecule has 0 bridgehead atoms. The number of aliphatic hydroxyl groups is 1. The van der Waals surface area contributed by atoms with Crippen LogP contribution in [0.25, 0.3) is 0 Å². The third-order valence-corrected chi connectivity index (χ3v) is 3.92. The first kappa shape index (κ1) is 12.2. The number of hydrogen-bond acceptors (Lipinski definition) is 4. The molecule has 0 amide bonds. The average Bonchev–Trinajstić information content (AvgIpc) is 2.17. The van der Waals surface area contributed by atoms with Crippen LogP contribution in [0.15, 0.2) is 0 Å². The maximum Gasteiger partial charge on any atom is 0.225 e. The Morgan fingerprint density at radius 1 is 1.43 bits per heavy atom. The van der Waals surface area contributed by atoms with Gasteiger partial charge in [0, 0.05) is 32.6 Å². The van der Waals surface area contributed by atoms with Crippen LogP contribution in [0, 0.1) is 0 Å². The summed E-state index contributed by atoms with van der Waals surface area (Å²) in [6, 6.07) is 0. The van der Waals surface area contributed by atoms with Gasteiger partial charge in [0.1, 0.15) is 5.21 Å². The maximum absolute atomic E-state index is 11.0. The van der Waals surface area contributed by atoms with Crippen LogP contribution in [0.2, 0.25) is 0 Å². The van der Waals surface area contributed by atoms with Crippen molar-refractivity contribution in [2.45, 2.75) is 18.4 Å². The van der Waals surface area contributed by atoms with E-state index in [4.69, 9.17) is 16.3 Å². The third-order valence-electron chi connectivity index (χ3n) is 2.19. The van der Waals surface area contributed by atoms with E-state index in [0.717, 1.165) is 0 Å². The number of hydrogen-bond donors (Lipinski definition) is 2. The van der Waals surface area contributed by atoms with Gasteiger partial charge in [-0.25, -0.2) is 13.1 Å². The molecule has 0 atom stereocenters. The molecule has 0 unspecified atom stereocenters. The highest BCUT2D eigenvalue weighted by Gasteiger charge is 2.30. The summed E-state index contributed by atoms with van der Waals surface area (Å²) in [5.74, 6) is 0. The van der Waals surface area contributed by atoms with Crippen LogP contribution in [0.3, 0.4) is 0 Å². The maximum atomic E-state index is 11.0. The van der Waals surface area contributed by atoms with Crippen LogP contribution in [0.5, 0.6) is 0 Å². The minimum Gasteiger partial charge on any atom is -0.388 e. The van der Waals surface area contributed by atoms with Gasteiger partial charge in [-0.1, -0.05) is 0 Å². The van der Waals surface area contributed by atoms with Crippen LogP contribution in [-0.4, -0.2) is 44.1 Å². The van der Waals surface area contributed by atoms with Gasteiger partial charge >= 0.3 is 0 Å². The lowest BCUT2D eigenvalue weighted by atomic mass is 9.95. The zero-order chi connectivity index (χ0) is 10.7. The second kappa shape index (κ2) is 4.76. The first-order chi connectivity index (χ1) is 6.47. The summed E-state index contributed by atoms with van der Waals surface area (Å²) < 4.78 is 29.3. The molecule has 5 nitrogen and oxygen atoms in total. The molecule has 0 spiro atoms. The molecule has 84 valence electrons. The molecule has 1 aliphatic rings. The van der Waals surface area contributed by atoms with Crippen molar-refractivity contribution in [3.05, 3.63) is 0 Å². The second-order valence-electron chi connectivity index (χ2n) is 3.38. The quantitative estimate of drug-likeness (QED) is 0.662. The Morgan fingerprint density at radius 2 is 2.00 bits per heavy atom. The van der Waals surface area contributed by atoms with Crippen molar-refractivity contribution in [1.29, 1.82) is 0 Å². The van der Waals surface area contributed by atoms with Crippen LogP contribution in [-0.2, 0) is 14.8 Å². The third kappa shape index (κ3) is 3.70. The topological polar surface area (TPSA) is 75.6 Å². The Kier molecular flexibility index (Phi) is 4.15.